The Kier molecular flexibility index (Phi) is 4.32. The van der Waals surface area contributed by atoms with E-state index in [4.69, 9.17) is 5.26 Å². The van der Waals surface area contributed by atoms with Gasteiger partial charge in [-0.3, -0.25) is 0 Å². The van der Waals surface area contributed by atoms with Crippen LogP contribution in [0.3, 0.4) is 0 Å². The first-order chi connectivity index (χ1) is 9.26. The number of nitrogens with one attached hydrogen (secondary N) is 1. The molecule has 4 heteroatoms. The van der Waals surface area contributed by atoms with Crippen molar-refractivity contribution >= 4 is 0 Å². The first-order valence-electron chi connectivity index (χ1n) is 6.44. The predicted octanol–water partition coefficient (Wildman–Crippen LogP) is 2.47. The van der Waals surface area contributed by atoms with Crippen LogP contribution in [0.4, 0.5) is 0 Å². The third-order valence-corrected chi connectivity index (χ3v) is 3.24. The standard InChI is InChI=1S/C15H18N4/c1-3-15(17-2)13-5-7-19(11-13)10-12-4-6-18-14(8-12)9-16/h4-8,11,15,17H,3,10H2,1-2H3. The first-order valence-corrected chi connectivity index (χ1v) is 6.44. The average molecular weight is 254 g/mol. The van der Waals surface area contributed by atoms with Crippen LogP contribution in [0.15, 0.2) is 36.8 Å². The molecule has 0 amide bonds. The molecule has 1 unspecified atom stereocenters. The van der Waals surface area contributed by atoms with E-state index in [9.17, 15) is 0 Å². The van der Waals surface area contributed by atoms with Crippen LogP contribution in [0.1, 0.15) is 36.2 Å². The SMILES string of the molecule is CCC(NC)c1ccn(Cc2ccnc(C#N)c2)c1. The molecule has 0 aliphatic rings. The maximum atomic E-state index is 8.84. The molecular formula is C15H18N4. The second-order valence-corrected chi connectivity index (χ2v) is 4.53. The highest BCUT2D eigenvalue weighted by molar-refractivity contribution is 5.26. The van der Waals surface area contributed by atoms with Crippen LogP contribution in [0, 0.1) is 11.3 Å². The Balaban J connectivity index is 2.13. The van der Waals surface area contributed by atoms with E-state index in [0.29, 0.717) is 11.7 Å². The van der Waals surface area contributed by atoms with E-state index in [0.717, 1.165) is 18.5 Å². The summed E-state index contributed by atoms with van der Waals surface area (Å²) in [5.74, 6) is 0. The van der Waals surface area contributed by atoms with Gasteiger partial charge in [0.2, 0.25) is 0 Å². The highest BCUT2D eigenvalue weighted by Gasteiger charge is 2.08. The van der Waals surface area contributed by atoms with Crippen LogP contribution in [-0.4, -0.2) is 16.6 Å². The quantitative estimate of drug-likeness (QED) is 0.891. The Morgan fingerprint density at radius 2 is 2.32 bits per heavy atom. The minimum Gasteiger partial charge on any atom is -0.350 e. The van der Waals surface area contributed by atoms with Crippen molar-refractivity contribution in [1.82, 2.24) is 14.9 Å². The minimum atomic E-state index is 0.397. The van der Waals surface area contributed by atoms with Gasteiger partial charge in [-0.2, -0.15) is 5.26 Å². The van der Waals surface area contributed by atoms with Gasteiger partial charge in [0.15, 0.2) is 0 Å². The zero-order chi connectivity index (χ0) is 13.7. The summed E-state index contributed by atoms with van der Waals surface area (Å²) < 4.78 is 2.13. The van der Waals surface area contributed by atoms with Crippen LogP contribution in [-0.2, 0) is 6.54 Å². The largest absolute Gasteiger partial charge is 0.350 e. The van der Waals surface area contributed by atoms with Crippen LogP contribution < -0.4 is 5.32 Å². The van der Waals surface area contributed by atoms with Gasteiger partial charge in [0.1, 0.15) is 11.8 Å². The maximum Gasteiger partial charge on any atom is 0.140 e. The van der Waals surface area contributed by atoms with Crippen molar-refractivity contribution in [3.8, 4) is 6.07 Å². The summed E-state index contributed by atoms with van der Waals surface area (Å²) >= 11 is 0. The summed E-state index contributed by atoms with van der Waals surface area (Å²) in [5.41, 5.74) is 2.84. The van der Waals surface area contributed by atoms with Gasteiger partial charge in [0.25, 0.3) is 0 Å². The number of hydrogen-bond donors (Lipinski definition) is 1. The van der Waals surface area contributed by atoms with Crippen molar-refractivity contribution < 1.29 is 0 Å². The smallest absolute Gasteiger partial charge is 0.140 e. The number of nitriles is 1. The normalized spacial score (nSPS) is 12.1. The number of aromatic nitrogens is 2. The Bertz CT molecular complexity index is 576. The molecule has 0 fully saturated rings. The van der Waals surface area contributed by atoms with Crippen molar-refractivity contribution in [2.75, 3.05) is 7.05 Å². The molecule has 4 nitrogen and oxygen atoms in total. The Morgan fingerprint density at radius 1 is 1.47 bits per heavy atom. The van der Waals surface area contributed by atoms with Gasteiger partial charge >= 0.3 is 0 Å². The summed E-state index contributed by atoms with van der Waals surface area (Å²) in [6, 6.07) is 8.37. The van der Waals surface area contributed by atoms with Gasteiger partial charge in [-0.25, -0.2) is 4.98 Å². The Labute approximate surface area is 113 Å². The Morgan fingerprint density at radius 3 is 3.00 bits per heavy atom. The number of pyridine rings is 1. The molecule has 2 heterocycles. The number of hydrogen-bond acceptors (Lipinski definition) is 3. The molecule has 0 radical (unpaired) electrons. The van der Waals surface area contributed by atoms with E-state index >= 15 is 0 Å². The molecule has 0 saturated carbocycles. The highest BCUT2D eigenvalue weighted by atomic mass is 15.0. The molecule has 0 aromatic carbocycles. The number of rotatable bonds is 5. The molecule has 0 bridgehead atoms. The number of nitrogens with zero attached hydrogens (tertiary/aromatic N) is 3. The van der Waals surface area contributed by atoms with Crippen molar-refractivity contribution in [1.29, 1.82) is 5.26 Å². The van der Waals surface area contributed by atoms with E-state index < -0.39 is 0 Å². The van der Waals surface area contributed by atoms with E-state index in [2.05, 4.69) is 46.3 Å². The topological polar surface area (TPSA) is 53.6 Å². The van der Waals surface area contributed by atoms with Crippen LogP contribution in [0.25, 0.3) is 0 Å². The fourth-order valence-electron chi connectivity index (χ4n) is 2.21. The predicted molar refractivity (Wildman–Crippen MR) is 74.6 cm³/mol. The monoisotopic (exact) mass is 254 g/mol. The van der Waals surface area contributed by atoms with Crippen LogP contribution in [0.2, 0.25) is 0 Å². The highest BCUT2D eigenvalue weighted by Crippen LogP contribution is 2.17. The summed E-state index contributed by atoms with van der Waals surface area (Å²) in [5, 5.41) is 12.1. The van der Waals surface area contributed by atoms with Crippen molar-refractivity contribution in [2.24, 2.45) is 0 Å². The molecule has 0 saturated heterocycles. The molecule has 2 rings (SSSR count). The van der Waals surface area contributed by atoms with Crippen LogP contribution in [0.5, 0.6) is 0 Å². The third-order valence-electron chi connectivity index (χ3n) is 3.24. The van der Waals surface area contributed by atoms with Crippen molar-refractivity contribution in [3.63, 3.8) is 0 Å². The molecule has 1 atom stereocenters. The minimum absolute atomic E-state index is 0.397. The van der Waals surface area contributed by atoms with Crippen molar-refractivity contribution in [2.45, 2.75) is 25.9 Å². The van der Waals surface area contributed by atoms with Gasteiger partial charge in [-0.05, 0) is 42.8 Å². The van der Waals surface area contributed by atoms with E-state index in [1.807, 2.05) is 19.2 Å². The van der Waals surface area contributed by atoms with Gasteiger partial charge in [0, 0.05) is 31.2 Å². The second kappa shape index (κ2) is 6.17. The lowest BCUT2D eigenvalue weighted by Gasteiger charge is -2.11. The molecule has 19 heavy (non-hydrogen) atoms. The zero-order valence-electron chi connectivity index (χ0n) is 11.3. The fraction of sp³-hybridized carbons (Fsp3) is 0.333. The summed E-state index contributed by atoms with van der Waals surface area (Å²) in [4.78, 5) is 3.98. The maximum absolute atomic E-state index is 8.84. The van der Waals surface area contributed by atoms with E-state index in [-0.39, 0.29) is 0 Å². The van der Waals surface area contributed by atoms with Gasteiger partial charge in [-0.1, -0.05) is 6.92 Å². The lowest BCUT2D eigenvalue weighted by Crippen LogP contribution is -2.14. The Hall–Kier alpha value is -2.12. The molecule has 98 valence electrons. The van der Waals surface area contributed by atoms with Gasteiger partial charge < -0.3 is 9.88 Å². The molecule has 2 aromatic rings. The van der Waals surface area contributed by atoms with Gasteiger partial charge in [-0.15, -0.1) is 0 Å². The lowest BCUT2D eigenvalue weighted by atomic mass is 10.1. The molecule has 0 aliphatic carbocycles. The summed E-state index contributed by atoms with van der Waals surface area (Å²) in [7, 11) is 1.98. The molecule has 1 N–H and O–H groups in total. The molecule has 2 aromatic heterocycles. The van der Waals surface area contributed by atoms with Crippen molar-refractivity contribution in [3.05, 3.63) is 53.6 Å². The average Bonchev–Trinajstić information content (AvgIpc) is 2.89. The molecule has 0 spiro atoms. The second-order valence-electron chi connectivity index (χ2n) is 4.53. The molecular weight excluding hydrogens is 236 g/mol. The summed E-state index contributed by atoms with van der Waals surface area (Å²) in [6.45, 7) is 2.93. The molecule has 0 aliphatic heterocycles. The van der Waals surface area contributed by atoms with Crippen LogP contribution >= 0.6 is 0 Å². The first kappa shape index (κ1) is 13.3. The van der Waals surface area contributed by atoms with Gasteiger partial charge in [0.05, 0.1) is 0 Å². The third kappa shape index (κ3) is 3.21. The van der Waals surface area contributed by atoms with E-state index in [1.54, 1.807) is 6.20 Å². The zero-order valence-corrected chi connectivity index (χ0v) is 11.3. The fourth-order valence-corrected chi connectivity index (χ4v) is 2.21. The lowest BCUT2D eigenvalue weighted by molar-refractivity contribution is 0.575. The summed E-state index contributed by atoms with van der Waals surface area (Å²) in [6.07, 6.45) is 6.97. The van der Waals surface area contributed by atoms with E-state index in [1.165, 1.54) is 5.56 Å².